The molecule has 18 heavy (non-hydrogen) atoms. The molecule has 0 aromatic heterocycles. The zero-order valence-corrected chi connectivity index (χ0v) is 11.4. The van der Waals surface area contributed by atoms with Gasteiger partial charge in [0.15, 0.2) is 5.75 Å². The molecule has 1 unspecified atom stereocenters. The molecule has 1 aromatic rings. The molecule has 0 saturated carbocycles. The third-order valence-corrected chi connectivity index (χ3v) is 3.58. The lowest BCUT2D eigenvalue weighted by Crippen LogP contribution is -2.21. The van der Waals surface area contributed by atoms with Gasteiger partial charge in [0.05, 0.1) is 23.8 Å². The summed E-state index contributed by atoms with van der Waals surface area (Å²) in [6.07, 6.45) is 0.351. The van der Waals surface area contributed by atoms with E-state index in [1.807, 2.05) is 4.90 Å². The van der Waals surface area contributed by atoms with Crippen LogP contribution in [0.4, 0.5) is 11.4 Å². The molecule has 1 atom stereocenters. The van der Waals surface area contributed by atoms with E-state index in [0.29, 0.717) is 17.4 Å². The Labute approximate surface area is 112 Å². The lowest BCUT2D eigenvalue weighted by atomic mass is 10.2. The average Bonchev–Trinajstić information content (AvgIpc) is 2.75. The van der Waals surface area contributed by atoms with Crippen LogP contribution in [0.15, 0.2) is 16.6 Å². The van der Waals surface area contributed by atoms with Gasteiger partial charge in [0.25, 0.3) is 0 Å². The van der Waals surface area contributed by atoms with Crippen molar-refractivity contribution >= 4 is 27.3 Å². The van der Waals surface area contributed by atoms with E-state index in [0.717, 1.165) is 12.2 Å². The molecule has 0 aliphatic carbocycles. The van der Waals surface area contributed by atoms with Crippen molar-refractivity contribution in [1.29, 1.82) is 0 Å². The first kappa shape index (κ1) is 13.1. The maximum Gasteiger partial charge on any atom is 0.312 e. The van der Waals surface area contributed by atoms with E-state index >= 15 is 0 Å². The van der Waals surface area contributed by atoms with Crippen LogP contribution in [0.1, 0.15) is 6.42 Å². The first-order valence-electron chi connectivity index (χ1n) is 5.48. The number of hydrogen-bond donors (Lipinski definition) is 1. The monoisotopic (exact) mass is 316 g/mol. The predicted molar refractivity (Wildman–Crippen MR) is 70.2 cm³/mol. The molecule has 1 aromatic carbocycles. The van der Waals surface area contributed by atoms with Crippen molar-refractivity contribution in [3.63, 3.8) is 0 Å². The molecule has 6 nitrogen and oxygen atoms in total. The number of nitro groups is 1. The first-order chi connectivity index (χ1) is 8.52. The van der Waals surface area contributed by atoms with Gasteiger partial charge in [-0.05, 0) is 22.4 Å². The number of aliphatic hydroxyl groups is 1. The molecule has 0 amide bonds. The van der Waals surface area contributed by atoms with Crippen LogP contribution in [0.2, 0.25) is 0 Å². The minimum atomic E-state index is -0.480. The van der Waals surface area contributed by atoms with Crippen LogP contribution in [0.3, 0.4) is 0 Å². The van der Waals surface area contributed by atoms with E-state index in [1.165, 1.54) is 13.2 Å². The molecule has 0 radical (unpaired) electrons. The molecule has 2 rings (SSSR count). The maximum atomic E-state index is 10.9. The fourth-order valence-electron chi connectivity index (χ4n) is 2.04. The Balaban J connectivity index is 2.40. The molecule has 1 heterocycles. The third kappa shape index (κ3) is 2.41. The summed E-state index contributed by atoms with van der Waals surface area (Å²) in [5.74, 6) is 0.222. The van der Waals surface area contributed by atoms with Gasteiger partial charge in [-0.25, -0.2) is 0 Å². The van der Waals surface area contributed by atoms with E-state index in [-0.39, 0.29) is 17.5 Å². The second kappa shape index (κ2) is 5.11. The summed E-state index contributed by atoms with van der Waals surface area (Å²) in [5, 5.41) is 20.4. The fraction of sp³-hybridized carbons (Fsp3) is 0.455. The number of benzene rings is 1. The summed E-state index contributed by atoms with van der Waals surface area (Å²) < 4.78 is 5.67. The highest BCUT2D eigenvalue weighted by atomic mass is 79.9. The zero-order valence-electron chi connectivity index (χ0n) is 9.80. The maximum absolute atomic E-state index is 10.9. The van der Waals surface area contributed by atoms with Gasteiger partial charge in [-0.2, -0.15) is 0 Å². The van der Waals surface area contributed by atoms with E-state index in [1.54, 1.807) is 6.07 Å². The smallest absolute Gasteiger partial charge is 0.312 e. The van der Waals surface area contributed by atoms with Crippen molar-refractivity contribution in [1.82, 2.24) is 0 Å². The minimum absolute atomic E-state index is 0.0760. The van der Waals surface area contributed by atoms with Crippen molar-refractivity contribution in [3.05, 3.63) is 26.7 Å². The van der Waals surface area contributed by atoms with Gasteiger partial charge in [-0.1, -0.05) is 0 Å². The summed E-state index contributed by atoms with van der Waals surface area (Å²) in [4.78, 5) is 12.4. The largest absolute Gasteiger partial charge is 0.490 e. The Morgan fingerprint density at radius 2 is 2.33 bits per heavy atom. The highest BCUT2D eigenvalue weighted by Crippen LogP contribution is 2.38. The quantitative estimate of drug-likeness (QED) is 0.681. The number of nitrogens with zero attached hydrogens (tertiary/aromatic N) is 2. The molecule has 1 N–H and O–H groups in total. The lowest BCUT2D eigenvalue weighted by molar-refractivity contribution is -0.385. The van der Waals surface area contributed by atoms with Gasteiger partial charge in [-0.3, -0.25) is 10.1 Å². The van der Waals surface area contributed by atoms with E-state index < -0.39 is 4.92 Å². The normalized spacial score (nSPS) is 19.1. The topological polar surface area (TPSA) is 75.8 Å². The third-order valence-electron chi connectivity index (χ3n) is 2.95. The van der Waals surface area contributed by atoms with Gasteiger partial charge in [0.1, 0.15) is 0 Å². The van der Waals surface area contributed by atoms with Crippen LogP contribution >= 0.6 is 15.9 Å². The number of aliphatic hydroxyl groups excluding tert-OH is 1. The number of hydrogen-bond acceptors (Lipinski definition) is 5. The summed E-state index contributed by atoms with van der Waals surface area (Å²) in [5.41, 5.74) is 0.724. The SMILES string of the molecule is COc1cc(N2CCC(O)C2)c(Br)cc1[N+](=O)[O-]. The first-order valence-corrected chi connectivity index (χ1v) is 6.27. The van der Waals surface area contributed by atoms with Gasteiger partial charge in [-0.15, -0.1) is 0 Å². The Hall–Kier alpha value is -1.34. The molecule has 1 saturated heterocycles. The summed E-state index contributed by atoms with van der Waals surface area (Å²) in [6.45, 7) is 1.25. The van der Waals surface area contributed by atoms with Crippen molar-refractivity contribution in [2.45, 2.75) is 12.5 Å². The number of methoxy groups -OCH3 is 1. The molecular weight excluding hydrogens is 304 g/mol. The summed E-state index contributed by atoms with van der Waals surface area (Å²) in [6, 6.07) is 3.05. The minimum Gasteiger partial charge on any atom is -0.490 e. The molecular formula is C11H13BrN2O4. The summed E-state index contributed by atoms with van der Waals surface area (Å²) in [7, 11) is 1.40. The molecule has 1 fully saturated rings. The van der Waals surface area contributed by atoms with Gasteiger partial charge in [0, 0.05) is 29.7 Å². The van der Waals surface area contributed by atoms with E-state index in [2.05, 4.69) is 15.9 Å². The Kier molecular flexibility index (Phi) is 3.72. The molecule has 0 bridgehead atoms. The fourth-order valence-corrected chi connectivity index (χ4v) is 2.62. The number of anilines is 1. The standard InChI is InChI=1S/C11H13BrN2O4/c1-18-11-5-9(13-3-2-7(15)6-13)8(12)4-10(11)14(16)17/h4-5,7,15H,2-3,6H2,1H3. The summed E-state index contributed by atoms with van der Waals surface area (Å²) >= 11 is 3.33. The van der Waals surface area contributed by atoms with Crippen LogP contribution < -0.4 is 9.64 Å². The van der Waals surface area contributed by atoms with Crippen molar-refractivity contribution in [3.8, 4) is 5.75 Å². The van der Waals surface area contributed by atoms with Crippen LogP contribution in [-0.2, 0) is 0 Å². The second-order valence-electron chi connectivity index (χ2n) is 4.12. The van der Waals surface area contributed by atoms with Crippen molar-refractivity contribution in [2.24, 2.45) is 0 Å². The Morgan fingerprint density at radius 1 is 1.61 bits per heavy atom. The highest BCUT2D eigenvalue weighted by molar-refractivity contribution is 9.10. The second-order valence-corrected chi connectivity index (χ2v) is 4.98. The zero-order chi connectivity index (χ0) is 13.3. The number of ether oxygens (including phenoxy) is 1. The van der Waals surface area contributed by atoms with Gasteiger partial charge in [0.2, 0.25) is 0 Å². The van der Waals surface area contributed by atoms with Crippen LogP contribution in [-0.4, -0.2) is 36.3 Å². The average molecular weight is 317 g/mol. The number of nitro benzene ring substituents is 1. The lowest BCUT2D eigenvalue weighted by Gasteiger charge is -2.20. The molecule has 98 valence electrons. The molecule has 1 aliphatic rings. The van der Waals surface area contributed by atoms with E-state index in [4.69, 9.17) is 4.74 Å². The Bertz CT molecular complexity index is 480. The van der Waals surface area contributed by atoms with Gasteiger partial charge < -0.3 is 14.7 Å². The van der Waals surface area contributed by atoms with Crippen LogP contribution in [0, 0.1) is 10.1 Å². The molecule has 0 spiro atoms. The van der Waals surface area contributed by atoms with Gasteiger partial charge >= 0.3 is 5.69 Å². The van der Waals surface area contributed by atoms with E-state index in [9.17, 15) is 15.2 Å². The highest BCUT2D eigenvalue weighted by Gasteiger charge is 2.25. The number of β-amino-alcohol motifs (C(OH)–C–C–N with tert-alkyl or cyclic N) is 1. The van der Waals surface area contributed by atoms with Crippen molar-refractivity contribution < 1.29 is 14.8 Å². The molecule has 7 heteroatoms. The number of rotatable bonds is 3. The molecule has 1 aliphatic heterocycles. The van der Waals surface area contributed by atoms with Crippen molar-refractivity contribution in [2.75, 3.05) is 25.1 Å². The Morgan fingerprint density at radius 3 is 2.83 bits per heavy atom. The van der Waals surface area contributed by atoms with Crippen LogP contribution in [0.5, 0.6) is 5.75 Å². The predicted octanol–water partition coefficient (Wildman–Crippen LogP) is 1.94. The van der Waals surface area contributed by atoms with Crippen LogP contribution in [0.25, 0.3) is 0 Å². The number of halogens is 1.